The van der Waals surface area contributed by atoms with Gasteiger partial charge in [-0.05, 0) is 25.3 Å². The van der Waals surface area contributed by atoms with E-state index in [2.05, 4.69) is 29.0 Å². The molecule has 0 spiro atoms. The van der Waals surface area contributed by atoms with E-state index in [9.17, 15) is 4.79 Å². The fourth-order valence-corrected chi connectivity index (χ4v) is 2.06. The van der Waals surface area contributed by atoms with E-state index in [1.807, 2.05) is 26.0 Å². The molecule has 94 valence electrons. The lowest BCUT2D eigenvalue weighted by molar-refractivity contribution is 0.967. The Bertz CT molecular complexity index is 597. The molecule has 1 N–H and O–H groups in total. The van der Waals surface area contributed by atoms with Gasteiger partial charge in [-0.2, -0.15) is 0 Å². The van der Waals surface area contributed by atoms with Crippen LogP contribution in [0.4, 0.5) is 0 Å². The highest BCUT2D eigenvalue weighted by Gasteiger charge is 2.07. The van der Waals surface area contributed by atoms with Crippen molar-refractivity contribution >= 4 is 0 Å². The highest BCUT2D eigenvalue weighted by atomic mass is 16.1. The molecule has 3 nitrogen and oxygen atoms in total. The van der Waals surface area contributed by atoms with E-state index in [4.69, 9.17) is 0 Å². The first-order valence-corrected chi connectivity index (χ1v) is 6.34. The summed E-state index contributed by atoms with van der Waals surface area (Å²) in [6, 6.07) is 8.14. The van der Waals surface area contributed by atoms with Crippen molar-refractivity contribution in [2.45, 2.75) is 33.6 Å². The van der Waals surface area contributed by atoms with Crippen molar-refractivity contribution in [3.8, 4) is 11.4 Å². The van der Waals surface area contributed by atoms with Gasteiger partial charge in [0.15, 0.2) is 0 Å². The molecule has 0 aliphatic carbocycles. The second kappa shape index (κ2) is 5.17. The largest absolute Gasteiger partial charge is 0.306 e. The van der Waals surface area contributed by atoms with Crippen molar-refractivity contribution in [3.63, 3.8) is 0 Å². The Kier molecular flexibility index (Phi) is 3.60. The number of rotatable bonds is 3. The topological polar surface area (TPSA) is 45.8 Å². The molecule has 0 unspecified atom stereocenters. The third-order valence-electron chi connectivity index (χ3n) is 3.21. The second-order valence-electron chi connectivity index (χ2n) is 4.38. The number of aromatic amines is 1. The number of aryl methyl sites for hydroxylation is 2. The molecule has 0 aliphatic heterocycles. The van der Waals surface area contributed by atoms with E-state index in [0.29, 0.717) is 12.2 Å². The predicted octanol–water partition coefficient (Wildman–Crippen LogP) is 2.87. The Labute approximate surface area is 107 Å². The van der Waals surface area contributed by atoms with E-state index in [1.165, 1.54) is 5.56 Å². The summed E-state index contributed by atoms with van der Waals surface area (Å²) in [5.74, 6) is 0.650. The monoisotopic (exact) mass is 242 g/mol. The van der Waals surface area contributed by atoms with Gasteiger partial charge in [0.05, 0.1) is 0 Å². The van der Waals surface area contributed by atoms with Crippen LogP contribution in [0.3, 0.4) is 0 Å². The van der Waals surface area contributed by atoms with Crippen molar-refractivity contribution in [3.05, 3.63) is 51.4 Å². The van der Waals surface area contributed by atoms with E-state index >= 15 is 0 Å². The maximum Gasteiger partial charge on any atom is 0.254 e. The van der Waals surface area contributed by atoms with Crippen molar-refractivity contribution in [2.75, 3.05) is 0 Å². The molecule has 1 heterocycles. The molecule has 0 bridgehead atoms. The molecule has 18 heavy (non-hydrogen) atoms. The molecule has 1 aromatic carbocycles. The van der Waals surface area contributed by atoms with Gasteiger partial charge in [-0.25, -0.2) is 4.98 Å². The Balaban J connectivity index is 2.47. The van der Waals surface area contributed by atoms with Gasteiger partial charge in [0.2, 0.25) is 0 Å². The lowest BCUT2D eigenvalue weighted by atomic mass is 10.1. The average Bonchev–Trinajstić information content (AvgIpc) is 2.38. The molecule has 0 aliphatic rings. The summed E-state index contributed by atoms with van der Waals surface area (Å²) in [7, 11) is 0. The first-order chi connectivity index (χ1) is 8.65. The number of nitrogens with zero attached hydrogens (tertiary/aromatic N) is 1. The molecule has 0 amide bonds. The van der Waals surface area contributed by atoms with Crippen LogP contribution in [-0.2, 0) is 12.8 Å². The third-order valence-corrected chi connectivity index (χ3v) is 3.21. The Hall–Kier alpha value is -1.90. The number of benzene rings is 1. The van der Waals surface area contributed by atoms with Crippen molar-refractivity contribution in [1.29, 1.82) is 0 Å². The molecule has 0 radical (unpaired) electrons. The minimum absolute atomic E-state index is 0.0282. The highest BCUT2D eigenvalue weighted by Crippen LogP contribution is 2.15. The van der Waals surface area contributed by atoms with Gasteiger partial charge in [0.25, 0.3) is 5.56 Å². The second-order valence-corrected chi connectivity index (χ2v) is 4.38. The van der Waals surface area contributed by atoms with Gasteiger partial charge in [-0.15, -0.1) is 0 Å². The minimum Gasteiger partial charge on any atom is -0.306 e. The van der Waals surface area contributed by atoms with Crippen LogP contribution < -0.4 is 5.56 Å². The summed E-state index contributed by atoms with van der Waals surface area (Å²) in [5.41, 5.74) is 3.79. The van der Waals surface area contributed by atoms with Crippen LogP contribution in [0.15, 0.2) is 29.1 Å². The van der Waals surface area contributed by atoms with Crippen LogP contribution in [0.1, 0.15) is 30.7 Å². The summed E-state index contributed by atoms with van der Waals surface area (Å²) in [6.07, 6.45) is 1.72. The Morgan fingerprint density at radius 2 is 1.78 bits per heavy atom. The standard InChI is InChI=1S/C15H18N2O/c1-4-11-6-8-12(9-7-11)14-16-10(3)13(5-2)15(18)17-14/h6-9H,4-5H2,1-3H3,(H,16,17,18). The first kappa shape index (κ1) is 12.6. The summed E-state index contributed by atoms with van der Waals surface area (Å²) in [4.78, 5) is 19.2. The van der Waals surface area contributed by atoms with Crippen LogP contribution in [0.25, 0.3) is 11.4 Å². The van der Waals surface area contributed by atoms with Crippen LogP contribution in [0.5, 0.6) is 0 Å². The molecule has 0 atom stereocenters. The zero-order valence-electron chi connectivity index (χ0n) is 11.1. The average molecular weight is 242 g/mol. The van der Waals surface area contributed by atoms with Gasteiger partial charge in [0, 0.05) is 16.8 Å². The zero-order chi connectivity index (χ0) is 13.1. The smallest absolute Gasteiger partial charge is 0.254 e. The van der Waals surface area contributed by atoms with Gasteiger partial charge >= 0.3 is 0 Å². The highest BCUT2D eigenvalue weighted by molar-refractivity contribution is 5.55. The molecular weight excluding hydrogens is 224 g/mol. The SMILES string of the molecule is CCc1ccc(-c2nc(C)c(CC)c(=O)[nH]2)cc1. The van der Waals surface area contributed by atoms with E-state index < -0.39 is 0 Å². The van der Waals surface area contributed by atoms with Crippen LogP contribution >= 0.6 is 0 Å². The number of H-pyrrole nitrogens is 1. The maximum absolute atomic E-state index is 11.9. The van der Waals surface area contributed by atoms with Crippen molar-refractivity contribution < 1.29 is 0 Å². The minimum atomic E-state index is -0.0282. The quantitative estimate of drug-likeness (QED) is 0.899. The van der Waals surface area contributed by atoms with Crippen LogP contribution in [0.2, 0.25) is 0 Å². The molecule has 2 aromatic rings. The molecule has 1 aromatic heterocycles. The van der Waals surface area contributed by atoms with Gasteiger partial charge in [-0.1, -0.05) is 38.1 Å². The van der Waals surface area contributed by atoms with Crippen LogP contribution in [0, 0.1) is 6.92 Å². The molecule has 3 heteroatoms. The lowest BCUT2D eigenvalue weighted by Crippen LogP contribution is -2.16. The molecule has 0 saturated carbocycles. The normalized spacial score (nSPS) is 10.6. The Morgan fingerprint density at radius 3 is 2.28 bits per heavy atom. The zero-order valence-corrected chi connectivity index (χ0v) is 11.1. The van der Waals surface area contributed by atoms with Crippen LogP contribution in [-0.4, -0.2) is 9.97 Å². The van der Waals surface area contributed by atoms with Gasteiger partial charge in [-0.3, -0.25) is 4.79 Å². The van der Waals surface area contributed by atoms with E-state index in [0.717, 1.165) is 23.2 Å². The van der Waals surface area contributed by atoms with E-state index in [1.54, 1.807) is 0 Å². The third kappa shape index (κ3) is 2.35. The van der Waals surface area contributed by atoms with Crippen molar-refractivity contribution in [2.24, 2.45) is 0 Å². The van der Waals surface area contributed by atoms with Gasteiger partial charge in [0.1, 0.15) is 5.82 Å². The number of hydrogen-bond acceptors (Lipinski definition) is 2. The predicted molar refractivity (Wildman–Crippen MR) is 73.8 cm³/mol. The molecule has 0 saturated heterocycles. The fourth-order valence-electron chi connectivity index (χ4n) is 2.06. The fraction of sp³-hybridized carbons (Fsp3) is 0.333. The molecular formula is C15H18N2O. The number of aromatic nitrogens is 2. The molecule has 2 rings (SSSR count). The number of nitrogens with one attached hydrogen (secondary N) is 1. The maximum atomic E-state index is 11.9. The number of hydrogen-bond donors (Lipinski definition) is 1. The molecule has 0 fully saturated rings. The summed E-state index contributed by atoms with van der Waals surface area (Å²) < 4.78 is 0. The lowest BCUT2D eigenvalue weighted by Gasteiger charge is -2.06. The van der Waals surface area contributed by atoms with Gasteiger partial charge < -0.3 is 4.98 Å². The summed E-state index contributed by atoms with van der Waals surface area (Å²) in [5, 5.41) is 0. The summed E-state index contributed by atoms with van der Waals surface area (Å²) >= 11 is 0. The first-order valence-electron chi connectivity index (χ1n) is 6.34. The van der Waals surface area contributed by atoms with E-state index in [-0.39, 0.29) is 5.56 Å². The Morgan fingerprint density at radius 1 is 1.11 bits per heavy atom. The van der Waals surface area contributed by atoms with Crippen molar-refractivity contribution in [1.82, 2.24) is 9.97 Å². The summed E-state index contributed by atoms with van der Waals surface area (Å²) in [6.45, 7) is 5.97.